The van der Waals surface area contributed by atoms with E-state index >= 15 is 0 Å². The Morgan fingerprint density at radius 1 is 1.44 bits per heavy atom. The molecule has 1 aromatic carbocycles. The van der Waals surface area contributed by atoms with Crippen LogP contribution in [0, 0.1) is 0 Å². The van der Waals surface area contributed by atoms with Crippen molar-refractivity contribution in [3.05, 3.63) is 35.2 Å². The highest BCUT2D eigenvalue weighted by Gasteiger charge is 2.13. The van der Waals surface area contributed by atoms with Gasteiger partial charge in [0.15, 0.2) is 0 Å². The van der Waals surface area contributed by atoms with Crippen LogP contribution >= 0.6 is 11.3 Å². The molecule has 96 valence electrons. The van der Waals surface area contributed by atoms with Crippen molar-refractivity contribution in [3.8, 4) is 0 Å². The van der Waals surface area contributed by atoms with Crippen LogP contribution in [0.5, 0.6) is 0 Å². The lowest BCUT2D eigenvalue weighted by atomic mass is 10.1. The molecule has 2 aromatic rings. The first-order valence-corrected chi connectivity index (χ1v) is 6.71. The summed E-state index contributed by atoms with van der Waals surface area (Å²) in [6.07, 6.45) is 0. The number of hydrogen-bond donors (Lipinski definition) is 3. The van der Waals surface area contributed by atoms with E-state index in [2.05, 4.69) is 28.1 Å². The summed E-state index contributed by atoms with van der Waals surface area (Å²) in [5, 5.41) is 17.3. The third kappa shape index (κ3) is 2.80. The van der Waals surface area contributed by atoms with Gasteiger partial charge in [-0.15, -0.1) is 11.3 Å². The van der Waals surface area contributed by atoms with Crippen LogP contribution in [-0.2, 0) is 0 Å². The Hall–Kier alpha value is -1.59. The zero-order valence-corrected chi connectivity index (χ0v) is 11.0. The van der Waals surface area contributed by atoms with E-state index in [0.29, 0.717) is 0 Å². The second-order valence-corrected chi connectivity index (χ2v) is 4.94. The molecule has 0 spiro atoms. The first-order valence-electron chi connectivity index (χ1n) is 5.83. The summed E-state index contributed by atoms with van der Waals surface area (Å²) in [6, 6.07) is 7.82. The summed E-state index contributed by atoms with van der Waals surface area (Å²) in [7, 11) is 0. The zero-order valence-electron chi connectivity index (χ0n) is 10.1. The van der Waals surface area contributed by atoms with Crippen molar-refractivity contribution in [1.82, 2.24) is 10.6 Å². The predicted molar refractivity (Wildman–Crippen MR) is 73.9 cm³/mol. The summed E-state index contributed by atoms with van der Waals surface area (Å²) in [5.41, 5.74) is 1.12. The van der Waals surface area contributed by atoms with Gasteiger partial charge in [0.2, 0.25) is 0 Å². The van der Waals surface area contributed by atoms with Crippen molar-refractivity contribution >= 4 is 27.5 Å². The maximum atomic E-state index is 11.5. The maximum absolute atomic E-state index is 11.5. The molecule has 3 N–H and O–H groups in total. The highest BCUT2D eigenvalue weighted by Crippen LogP contribution is 2.29. The van der Waals surface area contributed by atoms with Crippen molar-refractivity contribution in [2.75, 3.05) is 13.2 Å². The molecule has 0 aliphatic rings. The van der Waals surface area contributed by atoms with E-state index in [1.165, 1.54) is 10.1 Å². The number of thiophene rings is 1. The Bertz CT molecular complexity index is 539. The largest absolute Gasteiger partial charge is 0.395 e. The van der Waals surface area contributed by atoms with Gasteiger partial charge in [-0.05, 0) is 29.3 Å². The number of fused-ring (bicyclic) bond motifs is 1. The van der Waals surface area contributed by atoms with Gasteiger partial charge < -0.3 is 15.7 Å². The van der Waals surface area contributed by atoms with Gasteiger partial charge in [0.1, 0.15) is 0 Å². The fourth-order valence-corrected chi connectivity index (χ4v) is 2.88. The minimum absolute atomic E-state index is 0.0524. The first-order chi connectivity index (χ1) is 8.72. The van der Waals surface area contributed by atoms with E-state index < -0.39 is 0 Å². The smallest absolute Gasteiger partial charge is 0.315 e. The molecule has 2 amide bonds. The number of rotatable bonds is 4. The lowest BCUT2D eigenvalue weighted by molar-refractivity contribution is 0.231. The summed E-state index contributed by atoms with van der Waals surface area (Å²) in [5.74, 6) is 0. The molecule has 0 saturated carbocycles. The van der Waals surface area contributed by atoms with Crippen molar-refractivity contribution in [2.24, 2.45) is 0 Å². The quantitative estimate of drug-likeness (QED) is 0.793. The minimum Gasteiger partial charge on any atom is -0.395 e. The minimum atomic E-state index is -0.258. The molecule has 0 aliphatic heterocycles. The van der Waals surface area contributed by atoms with E-state index in [-0.39, 0.29) is 25.2 Å². The standard InChI is InChI=1S/C13H16N2O2S/c1-9(15-13(17)14-6-7-16)11-8-18-12-5-3-2-4-10(11)12/h2-5,8-9,16H,6-7H2,1H3,(H2,14,15,17)/t9-/m1/s1. The fraction of sp³-hybridized carbons (Fsp3) is 0.308. The van der Waals surface area contributed by atoms with Crippen LogP contribution < -0.4 is 10.6 Å². The average molecular weight is 264 g/mol. The summed E-state index contributed by atoms with van der Waals surface area (Å²) >= 11 is 1.68. The molecule has 0 unspecified atom stereocenters. The molecule has 18 heavy (non-hydrogen) atoms. The van der Waals surface area contributed by atoms with Gasteiger partial charge in [-0.2, -0.15) is 0 Å². The summed E-state index contributed by atoms with van der Waals surface area (Å²) in [4.78, 5) is 11.5. The van der Waals surface area contributed by atoms with Crippen LogP contribution in [0.25, 0.3) is 10.1 Å². The Kier molecular flexibility index (Phi) is 4.17. The molecule has 2 rings (SSSR count). The van der Waals surface area contributed by atoms with Crippen molar-refractivity contribution < 1.29 is 9.90 Å². The monoisotopic (exact) mass is 264 g/mol. The normalized spacial score (nSPS) is 12.3. The van der Waals surface area contributed by atoms with Crippen LogP contribution in [0.3, 0.4) is 0 Å². The van der Waals surface area contributed by atoms with E-state index in [0.717, 1.165) is 5.56 Å². The highest BCUT2D eigenvalue weighted by molar-refractivity contribution is 7.17. The molecule has 0 fully saturated rings. The molecule has 0 saturated heterocycles. The van der Waals surface area contributed by atoms with Crippen molar-refractivity contribution in [2.45, 2.75) is 13.0 Å². The Morgan fingerprint density at radius 3 is 3.00 bits per heavy atom. The van der Waals surface area contributed by atoms with Crippen molar-refractivity contribution in [1.29, 1.82) is 0 Å². The molecule has 5 heteroatoms. The Morgan fingerprint density at radius 2 is 2.22 bits per heavy atom. The lowest BCUT2D eigenvalue weighted by Gasteiger charge is -2.14. The second kappa shape index (κ2) is 5.84. The SMILES string of the molecule is C[C@@H](NC(=O)NCCO)c1csc2ccccc12. The molecule has 0 bridgehead atoms. The Labute approximate surface area is 110 Å². The Balaban J connectivity index is 2.09. The highest BCUT2D eigenvalue weighted by atomic mass is 32.1. The number of carbonyl (C=O) groups excluding carboxylic acids is 1. The number of benzene rings is 1. The van der Waals surface area contributed by atoms with E-state index in [1.54, 1.807) is 11.3 Å². The molecule has 1 atom stereocenters. The molecule has 1 aromatic heterocycles. The van der Waals surface area contributed by atoms with Gasteiger partial charge in [0.25, 0.3) is 0 Å². The van der Waals surface area contributed by atoms with Gasteiger partial charge in [-0.25, -0.2) is 4.79 Å². The molecular formula is C13H16N2O2S. The summed E-state index contributed by atoms with van der Waals surface area (Å²) in [6.45, 7) is 2.17. The topological polar surface area (TPSA) is 61.4 Å². The number of nitrogens with one attached hydrogen (secondary N) is 2. The molecule has 4 nitrogen and oxygen atoms in total. The van der Waals surface area contributed by atoms with Crippen LogP contribution in [0.1, 0.15) is 18.5 Å². The first kappa shape index (κ1) is 12.9. The van der Waals surface area contributed by atoms with Crippen molar-refractivity contribution in [3.63, 3.8) is 0 Å². The van der Waals surface area contributed by atoms with Gasteiger partial charge in [-0.1, -0.05) is 18.2 Å². The third-order valence-corrected chi connectivity index (χ3v) is 3.70. The fourth-order valence-electron chi connectivity index (χ4n) is 1.83. The van der Waals surface area contributed by atoms with E-state index in [4.69, 9.17) is 5.11 Å². The van der Waals surface area contributed by atoms with Crippen LogP contribution in [0.2, 0.25) is 0 Å². The third-order valence-electron chi connectivity index (χ3n) is 2.72. The van der Waals surface area contributed by atoms with Gasteiger partial charge in [-0.3, -0.25) is 0 Å². The van der Waals surface area contributed by atoms with Crippen LogP contribution in [-0.4, -0.2) is 24.3 Å². The molecule has 0 aliphatic carbocycles. The number of hydrogen-bond acceptors (Lipinski definition) is 3. The number of urea groups is 1. The molecule has 1 heterocycles. The van der Waals surface area contributed by atoms with E-state index in [9.17, 15) is 4.79 Å². The van der Waals surface area contributed by atoms with E-state index in [1.807, 2.05) is 19.1 Å². The van der Waals surface area contributed by atoms with Gasteiger partial charge >= 0.3 is 6.03 Å². The molecular weight excluding hydrogens is 248 g/mol. The molecule has 0 radical (unpaired) electrons. The predicted octanol–water partition coefficient (Wildman–Crippen LogP) is 2.25. The van der Waals surface area contributed by atoms with Crippen LogP contribution in [0.4, 0.5) is 4.79 Å². The maximum Gasteiger partial charge on any atom is 0.315 e. The van der Waals surface area contributed by atoms with Gasteiger partial charge in [0.05, 0.1) is 12.6 Å². The summed E-state index contributed by atoms with van der Waals surface area (Å²) < 4.78 is 1.22. The second-order valence-electron chi connectivity index (χ2n) is 4.03. The lowest BCUT2D eigenvalue weighted by Crippen LogP contribution is -2.38. The number of amides is 2. The number of aliphatic hydroxyl groups excluding tert-OH is 1. The van der Waals surface area contributed by atoms with Gasteiger partial charge in [0, 0.05) is 11.2 Å². The average Bonchev–Trinajstić information content (AvgIpc) is 2.80. The number of aliphatic hydroxyl groups is 1. The zero-order chi connectivity index (χ0) is 13.0. The van der Waals surface area contributed by atoms with Crippen LogP contribution in [0.15, 0.2) is 29.6 Å². The number of carbonyl (C=O) groups is 1.